The van der Waals surface area contributed by atoms with Crippen LogP contribution in [0.15, 0.2) is 47.1 Å². The van der Waals surface area contributed by atoms with E-state index in [9.17, 15) is 4.79 Å². The fraction of sp³-hybridized carbons (Fsp3) is 0.176. The van der Waals surface area contributed by atoms with Crippen LogP contribution in [0.3, 0.4) is 0 Å². The molecule has 23 heavy (non-hydrogen) atoms. The lowest BCUT2D eigenvalue weighted by atomic mass is 10.2. The predicted molar refractivity (Wildman–Crippen MR) is 94.9 cm³/mol. The molecule has 118 valence electrons. The molecule has 4 nitrogen and oxygen atoms in total. The maximum Gasteiger partial charge on any atom is 0.270 e. The Kier molecular flexibility index (Phi) is 4.68. The molecule has 0 aliphatic carbocycles. The Morgan fingerprint density at radius 1 is 1.26 bits per heavy atom. The molecule has 0 spiro atoms. The van der Waals surface area contributed by atoms with Gasteiger partial charge >= 0.3 is 0 Å². The van der Waals surface area contributed by atoms with Gasteiger partial charge in [-0.05, 0) is 52.2 Å². The average molecular weight is 393 g/mol. The van der Waals surface area contributed by atoms with Crippen molar-refractivity contribution in [1.82, 2.24) is 14.7 Å². The fourth-order valence-corrected chi connectivity index (χ4v) is 2.89. The van der Waals surface area contributed by atoms with Gasteiger partial charge in [-0.25, -0.2) is 4.98 Å². The molecule has 1 aromatic carbocycles. The number of aromatic nitrogens is 2. The van der Waals surface area contributed by atoms with Crippen molar-refractivity contribution in [2.45, 2.75) is 19.9 Å². The van der Waals surface area contributed by atoms with Gasteiger partial charge in [0.2, 0.25) is 0 Å². The second-order valence-corrected chi connectivity index (χ2v) is 6.50. The fourth-order valence-electron chi connectivity index (χ4n) is 2.42. The minimum absolute atomic E-state index is 0.137. The first kappa shape index (κ1) is 16.0. The number of benzene rings is 1. The lowest BCUT2D eigenvalue weighted by molar-refractivity contribution is 0.0944. The Hall–Kier alpha value is -1.85. The third-order valence-electron chi connectivity index (χ3n) is 3.57. The number of aryl methyl sites for hydroxylation is 1. The van der Waals surface area contributed by atoms with Crippen molar-refractivity contribution in [2.75, 3.05) is 0 Å². The van der Waals surface area contributed by atoms with E-state index in [0.29, 0.717) is 23.7 Å². The largest absolute Gasteiger partial charge is 0.347 e. The Morgan fingerprint density at radius 2 is 2.00 bits per heavy atom. The van der Waals surface area contributed by atoms with E-state index in [4.69, 9.17) is 11.6 Å². The van der Waals surface area contributed by atoms with E-state index < -0.39 is 0 Å². The van der Waals surface area contributed by atoms with Crippen molar-refractivity contribution in [1.29, 1.82) is 0 Å². The monoisotopic (exact) mass is 391 g/mol. The first-order chi connectivity index (χ1) is 11.1. The van der Waals surface area contributed by atoms with Gasteiger partial charge in [0.05, 0.1) is 5.69 Å². The van der Waals surface area contributed by atoms with Gasteiger partial charge in [0.15, 0.2) is 0 Å². The quantitative estimate of drug-likeness (QED) is 0.722. The third-order valence-corrected chi connectivity index (χ3v) is 4.29. The van der Waals surface area contributed by atoms with Gasteiger partial charge in [-0.15, -0.1) is 0 Å². The molecule has 0 atom stereocenters. The molecule has 3 aromatic rings. The van der Waals surface area contributed by atoms with E-state index in [2.05, 4.69) is 26.2 Å². The maximum atomic E-state index is 12.6. The molecule has 0 aliphatic heterocycles. The van der Waals surface area contributed by atoms with Gasteiger partial charge in [-0.3, -0.25) is 9.20 Å². The third kappa shape index (κ3) is 3.41. The van der Waals surface area contributed by atoms with Gasteiger partial charge in [0.25, 0.3) is 5.91 Å². The van der Waals surface area contributed by atoms with E-state index in [1.807, 2.05) is 53.9 Å². The summed E-state index contributed by atoms with van der Waals surface area (Å²) in [7, 11) is 0. The van der Waals surface area contributed by atoms with E-state index in [1.165, 1.54) is 0 Å². The van der Waals surface area contributed by atoms with Crippen LogP contribution in [0.5, 0.6) is 0 Å². The molecule has 1 N–H and O–H groups in total. The normalized spacial score (nSPS) is 10.9. The number of amides is 1. The lowest BCUT2D eigenvalue weighted by Gasteiger charge is -2.07. The molecule has 2 heterocycles. The number of nitrogens with zero attached hydrogens (tertiary/aromatic N) is 2. The Bertz CT molecular complexity index is 858. The van der Waals surface area contributed by atoms with Crippen LogP contribution in [0.4, 0.5) is 0 Å². The van der Waals surface area contributed by atoms with Crippen molar-refractivity contribution in [3.05, 3.63) is 69.0 Å². The molecule has 0 saturated heterocycles. The molecular formula is C17H15BrClN3O. The first-order valence-electron chi connectivity index (χ1n) is 7.27. The number of carbonyl (C=O) groups is 1. The summed E-state index contributed by atoms with van der Waals surface area (Å²) >= 11 is 9.31. The van der Waals surface area contributed by atoms with Crippen molar-refractivity contribution in [3.8, 4) is 0 Å². The van der Waals surface area contributed by atoms with Gasteiger partial charge in [0.1, 0.15) is 11.3 Å². The summed E-state index contributed by atoms with van der Waals surface area (Å²) in [6, 6.07) is 11.2. The standard InChI is InChI=1S/C17H15BrClN3O/c1-2-14-16(22-10-12(18)5-8-15(22)21-14)17(23)20-9-11-3-6-13(19)7-4-11/h3-8,10H,2,9H2,1H3,(H,20,23). The van der Waals surface area contributed by atoms with Gasteiger partial charge < -0.3 is 5.32 Å². The highest BCUT2D eigenvalue weighted by atomic mass is 79.9. The summed E-state index contributed by atoms with van der Waals surface area (Å²) in [6.07, 6.45) is 2.56. The molecule has 6 heteroatoms. The van der Waals surface area contributed by atoms with Gasteiger partial charge in [0, 0.05) is 22.2 Å². The summed E-state index contributed by atoms with van der Waals surface area (Å²) in [5, 5.41) is 3.63. The molecular weight excluding hydrogens is 378 g/mol. The Morgan fingerprint density at radius 3 is 2.70 bits per heavy atom. The number of rotatable bonds is 4. The molecule has 0 fully saturated rings. The number of pyridine rings is 1. The van der Waals surface area contributed by atoms with Crippen LogP contribution in [0.2, 0.25) is 5.02 Å². The average Bonchev–Trinajstić information content (AvgIpc) is 2.91. The van der Waals surface area contributed by atoms with Crippen molar-refractivity contribution < 1.29 is 4.79 Å². The van der Waals surface area contributed by atoms with Crippen molar-refractivity contribution in [2.24, 2.45) is 0 Å². The zero-order chi connectivity index (χ0) is 16.4. The SMILES string of the molecule is CCc1nc2ccc(Br)cn2c1C(=O)NCc1ccc(Cl)cc1. The topological polar surface area (TPSA) is 46.4 Å². The molecule has 0 saturated carbocycles. The van der Waals surface area contributed by atoms with Gasteiger partial charge in [-0.2, -0.15) is 0 Å². The number of halogens is 2. The number of carbonyl (C=O) groups excluding carboxylic acids is 1. The molecule has 0 unspecified atom stereocenters. The number of nitrogens with one attached hydrogen (secondary N) is 1. The highest BCUT2D eigenvalue weighted by Gasteiger charge is 2.18. The summed E-state index contributed by atoms with van der Waals surface area (Å²) in [5.74, 6) is -0.137. The van der Waals surface area contributed by atoms with Crippen LogP contribution in [-0.2, 0) is 13.0 Å². The number of hydrogen-bond acceptors (Lipinski definition) is 2. The van der Waals surface area contributed by atoms with E-state index in [-0.39, 0.29) is 5.91 Å². The van der Waals surface area contributed by atoms with Crippen LogP contribution < -0.4 is 5.32 Å². The van der Waals surface area contributed by atoms with Crippen molar-refractivity contribution >= 4 is 39.1 Å². The van der Waals surface area contributed by atoms with Crippen LogP contribution in [0.25, 0.3) is 5.65 Å². The Balaban J connectivity index is 1.87. The maximum absolute atomic E-state index is 12.6. The Labute approximate surface area is 147 Å². The number of fused-ring (bicyclic) bond motifs is 1. The molecule has 3 rings (SSSR count). The van der Waals surface area contributed by atoms with E-state index in [0.717, 1.165) is 21.4 Å². The second kappa shape index (κ2) is 6.72. The minimum atomic E-state index is -0.137. The zero-order valence-corrected chi connectivity index (χ0v) is 14.9. The van der Waals surface area contributed by atoms with Crippen LogP contribution in [0, 0.1) is 0 Å². The lowest BCUT2D eigenvalue weighted by Crippen LogP contribution is -2.25. The summed E-state index contributed by atoms with van der Waals surface area (Å²) < 4.78 is 2.72. The van der Waals surface area contributed by atoms with Crippen LogP contribution in [0.1, 0.15) is 28.7 Å². The highest BCUT2D eigenvalue weighted by molar-refractivity contribution is 9.10. The van der Waals surface area contributed by atoms with E-state index >= 15 is 0 Å². The van der Waals surface area contributed by atoms with Gasteiger partial charge in [-0.1, -0.05) is 30.7 Å². The second-order valence-electron chi connectivity index (χ2n) is 5.15. The molecule has 1 amide bonds. The number of hydrogen-bond donors (Lipinski definition) is 1. The van der Waals surface area contributed by atoms with Crippen molar-refractivity contribution in [3.63, 3.8) is 0 Å². The minimum Gasteiger partial charge on any atom is -0.347 e. The summed E-state index contributed by atoms with van der Waals surface area (Å²) in [6.45, 7) is 2.44. The molecule has 0 aliphatic rings. The molecule has 2 aromatic heterocycles. The first-order valence-corrected chi connectivity index (χ1v) is 8.44. The zero-order valence-electron chi connectivity index (χ0n) is 12.5. The van der Waals surface area contributed by atoms with E-state index in [1.54, 1.807) is 0 Å². The summed E-state index contributed by atoms with van der Waals surface area (Å²) in [4.78, 5) is 17.2. The van der Waals surface area contributed by atoms with Crippen LogP contribution in [-0.4, -0.2) is 15.3 Å². The summed E-state index contributed by atoms with van der Waals surface area (Å²) in [5.41, 5.74) is 3.13. The highest BCUT2D eigenvalue weighted by Crippen LogP contribution is 2.18. The number of imidazole rings is 1. The smallest absolute Gasteiger partial charge is 0.270 e. The predicted octanol–water partition coefficient (Wildman–Crippen LogP) is 4.24. The van der Waals surface area contributed by atoms with Crippen LogP contribution >= 0.6 is 27.5 Å². The molecule has 0 radical (unpaired) electrons. The molecule has 0 bridgehead atoms.